The van der Waals surface area contributed by atoms with Crippen LogP contribution in [-0.2, 0) is 4.74 Å². The number of hydrogen-bond acceptors (Lipinski definition) is 8. The topological polar surface area (TPSA) is 139 Å². The van der Waals surface area contributed by atoms with E-state index in [0.717, 1.165) is 0 Å². The van der Waals surface area contributed by atoms with Crippen molar-refractivity contribution < 1.29 is 23.8 Å². The molecule has 0 unspecified atom stereocenters. The third kappa shape index (κ3) is 4.55. The second-order valence-corrected chi connectivity index (χ2v) is 6.20. The first-order chi connectivity index (χ1) is 14.2. The number of nitro groups is 2. The van der Waals surface area contributed by atoms with Crippen LogP contribution in [0.4, 0.5) is 11.4 Å². The maximum absolute atomic E-state index is 12.6. The molecule has 1 heterocycles. The predicted octanol–water partition coefficient (Wildman–Crippen LogP) is 4.46. The van der Waals surface area contributed by atoms with Crippen LogP contribution < -0.4 is 0 Å². The molecule has 0 atom stereocenters. The molecule has 3 aromatic rings. The quantitative estimate of drug-likeness (QED) is 0.252. The highest BCUT2D eigenvalue weighted by Gasteiger charge is 2.17. The van der Waals surface area contributed by atoms with Gasteiger partial charge in [0.05, 0.1) is 21.1 Å². The number of nitrogens with zero attached hydrogens (tertiary/aromatic N) is 3. The second kappa shape index (κ2) is 8.35. The molecular formula is C20H15N3O7. The highest BCUT2D eigenvalue weighted by molar-refractivity contribution is 5.95. The van der Waals surface area contributed by atoms with Crippen molar-refractivity contribution in [1.29, 1.82) is 0 Å². The van der Waals surface area contributed by atoms with Crippen LogP contribution >= 0.6 is 0 Å². The van der Waals surface area contributed by atoms with Gasteiger partial charge in [-0.05, 0) is 38.1 Å². The van der Waals surface area contributed by atoms with Gasteiger partial charge < -0.3 is 9.15 Å². The number of non-ortho nitro benzene ring substituents is 2. The molecule has 152 valence electrons. The molecule has 0 spiro atoms. The number of oxazole rings is 1. The highest BCUT2D eigenvalue weighted by atomic mass is 16.6. The maximum atomic E-state index is 12.6. The molecule has 0 aliphatic heterocycles. The van der Waals surface area contributed by atoms with Gasteiger partial charge in [-0.25, -0.2) is 9.78 Å². The maximum Gasteiger partial charge on any atom is 0.343 e. The molecule has 30 heavy (non-hydrogen) atoms. The summed E-state index contributed by atoms with van der Waals surface area (Å²) in [6, 6.07) is 10.3. The summed E-state index contributed by atoms with van der Waals surface area (Å²) in [6.07, 6.45) is 1.39. The largest absolute Gasteiger partial charge is 0.442 e. The van der Waals surface area contributed by atoms with Crippen LogP contribution in [0.3, 0.4) is 0 Å². The molecule has 1 aromatic heterocycles. The van der Waals surface area contributed by atoms with Crippen LogP contribution in [0.25, 0.3) is 11.8 Å². The molecule has 2 aromatic carbocycles. The highest BCUT2D eigenvalue weighted by Crippen LogP contribution is 2.25. The molecule has 0 aliphatic rings. The van der Waals surface area contributed by atoms with Gasteiger partial charge in [-0.15, -0.1) is 0 Å². The van der Waals surface area contributed by atoms with Gasteiger partial charge in [0, 0.05) is 35.9 Å². The lowest BCUT2D eigenvalue weighted by molar-refractivity contribution is -0.385. The van der Waals surface area contributed by atoms with E-state index in [4.69, 9.17) is 9.15 Å². The van der Waals surface area contributed by atoms with E-state index in [-0.39, 0.29) is 28.6 Å². The lowest BCUT2D eigenvalue weighted by Crippen LogP contribution is -2.05. The van der Waals surface area contributed by atoms with Gasteiger partial charge in [-0.3, -0.25) is 20.2 Å². The number of aryl methyl sites for hydroxylation is 2. The van der Waals surface area contributed by atoms with Crippen LogP contribution in [0.1, 0.15) is 33.3 Å². The van der Waals surface area contributed by atoms with Gasteiger partial charge in [-0.1, -0.05) is 0 Å². The summed E-state index contributed by atoms with van der Waals surface area (Å²) in [4.78, 5) is 37.3. The molecule has 10 heteroatoms. The molecule has 0 radical (unpaired) electrons. The first-order valence-corrected chi connectivity index (χ1v) is 8.62. The molecule has 0 bridgehead atoms. The zero-order valence-corrected chi connectivity index (χ0v) is 15.9. The van der Waals surface area contributed by atoms with Crippen molar-refractivity contribution in [2.45, 2.75) is 13.8 Å². The predicted molar refractivity (Wildman–Crippen MR) is 105 cm³/mol. The van der Waals surface area contributed by atoms with Gasteiger partial charge in [0.15, 0.2) is 0 Å². The number of carbonyl (C=O) groups excluding carboxylic acids is 1. The number of hydrogen-bond donors (Lipinski definition) is 0. The van der Waals surface area contributed by atoms with Crippen molar-refractivity contribution in [2.24, 2.45) is 0 Å². The van der Waals surface area contributed by atoms with Crippen molar-refractivity contribution in [2.75, 3.05) is 0 Å². The Kier molecular flexibility index (Phi) is 5.68. The van der Waals surface area contributed by atoms with Crippen molar-refractivity contribution in [3.63, 3.8) is 0 Å². The van der Waals surface area contributed by atoms with E-state index in [9.17, 15) is 25.0 Å². The smallest absolute Gasteiger partial charge is 0.343 e. The van der Waals surface area contributed by atoms with Crippen LogP contribution in [0.15, 0.2) is 52.9 Å². The first-order valence-electron chi connectivity index (χ1n) is 8.62. The number of esters is 1. The molecule has 0 saturated heterocycles. The SMILES string of the molecule is Cc1nc(/C=C(\OC(=O)c2ccc([N+](=O)[O-])cc2)c2ccc([N+](=O)[O-])cc2)oc1C. The van der Waals surface area contributed by atoms with Crippen molar-refractivity contribution in [1.82, 2.24) is 4.98 Å². The first kappa shape index (κ1) is 20.4. The van der Waals surface area contributed by atoms with Gasteiger partial charge in [0.2, 0.25) is 5.89 Å². The Balaban J connectivity index is 1.95. The Bertz CT molecular complexity index is 1130. The summed E-state index contributed by atoms with van der Waals surface area (Å²) in [6.45, 7) is 3.48. The van der Waals surface area contributed by atoms with E-state index in [1.54, 1.807) is 13.8 Å². The lowest BCUT2D eigenvalue weighted by atomic mass is 10.1. The number of nitro benzene ring substituents is 2. The number of carbonyl (C=O) groups is 1. The van der Waals surface area contributed by atoms with Crippen LogP contribution in [0.2, 0.25) is 0 Å². The Morgan fingerprint density at radius 1 is 0.933 bits per heavy atom. The van der Waals surface area contributed by atoms with Crippen molar-refractivity contribution in [3.8, 4) is 0 Å². The van der Waals surface area contributed by atoms with E-state index in [0.29, 0.717) is 17.0 Å². The van der Waals surface area contributed by atoms with Gasteiger partial charge in [0.1, 0.15) is 11.5 Å². The molecule has 0 saturated carbocycles. The Morgan fingerprint density at radius 3 is 1.87 bits per heavy atom. The van der Waals surface area contributed by atoms with E-state index in [2.05, 4.69) is 4.98 Å². The van der Waals surface area contributed by atoms with E-state index in [1.165, 1.54) is 54.6 Å². The van der Waals surface area contributed by atoms with Gasteiger partial charge >= 0.3 is 5.97 Å². The molecule has 0 fully saturated rings. The Hall–Kier alpha value is -4.34. The van der Waals surface area contributed by atoms with E-state index >= 15 is 0 Å². The average Bonchev–Trinajstić information content (AvgIpc) is 3.04. The van der Waals surface area contributed by atoms with E-state index in [1.807, 2.05) is 0 Å². The number of aromatic nitrogens is 1. The lowest BCUT2D eigenvalue weighted by Gasteiger charge is -2.09. The normalized spacial score (nSPS) is 11.2. The molecular weight excluding hydrogens is 394 g/mol. The average molecular weight is 409 g/mol. The minimum atomic E-state index is -0.769. The third-order valence-electron chi connectivity index (χ3n) is 4.18. The fourth-order valence-corrected chi connectivity index (χ4v) is 2.47. The standard InChI is InChI=1S/C20H15N3O7/c1-12-13(2)29-19(21-12)11-18(14-3-7-16(8-4-14)22(25)26)30-20(24)15-5-9-17(10-6-15)23(27)28/h3-11H,1-2H3/b18-11-. The van der Waals surface area contributed by atoms with Crippen LogP contribution in [0, 0.1) is 34.1 Å². The van der Waals surface area contributed by atoms with E-state index < -0.39 is 15.8 Å². The zero-order valence-electron chi connectivity index (χ0n) is 15.9. The fourth-order valence-electron chi connectivity index (χ4n) is 2.47. The summed E-state index contributed by atoms with van der Waals surface area (Å²) in [7, 11) is 0. The number of ether oxygens (including phenoxy) is 1. The zero-order chi connectivity index (χ0) is 21.8. The van der Waals surface area contributed by atoms with Crippen LogP contribution in [0.5, 0.6) is 0 Å². The fraction of sp³-hybridized carbons (Fsp3) is 0.100. The minimum Gasteiger partial charge on any atom is -0.442 e. The molecule has 0 N–H and O–H groups in total. The monoisotopic (exact) mass is 409 g/mol. The molecule has 0 amide bonds. The Morgan fingerprint density at radius 2 is 1.43 bits per heavy atom. The van der Waals surface area contributed by atoms with Crippen molar-refractivity contribution >= 4 is 29.2 Å². The number of rotatable bonds is 6. The summed E-state index contributed by atoms with van der Waals surface area (Å²) in [5, 5.41) is 21.7. The van der Waals surface area contributed by atoms with Crippen LogP contribution in [-0.4, -0.2) is 20.8 Å². The number of benzene rings is 2. The van der Waals surface area contributed by atoms with Gasteiger partial charge in [0.25, 0.3) is 11.4 Å². The summed E-state index contributed by atoms with van der Waals surface area (Å²) < 4.78 is 11.0. The summed E-state index contributed by atoms with van der Waals surface area (Å²) in [5.74, 6) is 0.0600. The third-order valence-corrected chi connectivity index (χ3v) is 4.18. The second-order valence-electron chi connectivity index (χ2n) is 6.20. The molecule has 3 rings (SSSR count). The minimum absolute atomic E-state index is 0.0505. The summed E-state index contributed by atoms with van der Waals surface area (Å²) in [5.41, 5.74) is 0.842. The molecule has 0 aliphatic carbocycles. The Labute approximate surface area is 169 Å². The van der Waals surface area contributed by atoms with Crippen molar-refractivity contribution in [3.05, 3.63) is 97.2 Å². The van der Waals surface area contributed by atoms with Gasteiger partial charge in [-0.2, -0.15) is 0 Å². The molecule has 10 nitrogen and oxygen atoms in total. The summed E-state index contributed by atoms with van der Waals surface area (Å²) >= 11 is 0.